The van der Waals surface area contributed by atoms with Gasteiger partial charge in [-0.05, 0) is 51.4 Å². The van der Waals surface area contributed by atoms with Gasteiger partial charge in [-0.15, -0.1) is 0 Å². The Morgan fingerprint density at radius 1 is 1.28 bits per heavy atom. The van der Waals surface area contributed by atoms with Gasteiger partial charge in [0.2, 0.25) is 5.88 Å². The van der Waals surface area contributed by atoms with E-state index in [0.717, 1.165) is 40.1 Å². The normalized spacial score (nSPS) is 18.7. The van der Waals surface area contributed by atoms with Crippen LogP contribution in [-0.2, 0) is 6.61 Å². The Morgan fingerprint density at radius 2 is 2.14 bits per heavy atom. The lowest BCUT2D eigenvalue weighted by molar-refractivity contribution is 0.127. The molecule has 5 rings (SSSR count). The van der Waals surface area contributed by atoms with Gasteiger partial charge >= 0.3 is 0 Å². The minimum Gasteiger partial charge on any atom is -0.472 e. The SMILES string of the molecule is CN(C1CCN(c2nc3c(s2)-c2ccc(-c4cn[nH]c4)cc2CO3)C1)C(C)(C)C. The van der Waals surface area contributed by atoms with E-state index >= 15 is 0 Å². The van der Waals surface area contributed by atoms with Crippen molar-refractivity contribution in [2.24, 2.45) is 0 Å². The zero-order chi connectivity index (χ0) is 20.2. The lowest BCUT2D eigenvalue weighted by atomic mass is 9.99. The molecule has 2 aliphatic heterocycles. The minimum atomic E-state index is 0.178. The van der Waals surface area contributed by atoms with Gasteiger partial charge in [-0.3, -0.25) is 10.00 Å². The molecule has 1 saturated heterocycles. The van der Waals surface area contributed by atoms with Crippen molar-refractivity contribution in [1.29, 1.82) is 0 Å². The van der Waals surface area contributed by atoms with E-state index in [0.29, 0.717) is 12.6 Å². The lowest BCUT2D eigenvalue weighted by Crippen LogP contribution is -2.46. The van der Waals surface area contributed by atoms with Crippen molar-refractivity contribution in [3.05, 3.63) is 36.2 Å². The van der Waals surface area contributed by atoms with Crippen LogP contribution >= 0.6 is 11.3 Å². The third-order valence-electron chi connectivity index (χ3n) is 6.17. The summed E-state index contributed by atoms with van der Waals surface area (Å²) in [4.78, 5) is 10.9. The van der Waals surface area contributed by atoms with Crippen molar-refractivity contribution >= 4 is 16.5 Å². The molecule has 0 saturated carbocycles. The average Bonchev–Trinajstić information content (AvgIpc) is 3.46. The topological polar surface area (TPSA) is 57.3 Å². The van der Waals surface area contributed by atoms with Crippen LogP contribution < -0.4 is 9.64 Å². The maximum absolute atomic E-state index is 6.03. The van der Waals surface area contributed by atoms with Crippen LogP contribution in [0.4, 0.5) is 5.13 Å². The molecule has 1 aromatic carbocycles. The Balaban J connectivity index is 1.40. The number of rotatable bonds is 3. The first-order valence-electron chi connectivity index (χ1n) is 10.1. The first-order chi connectivity index (χ1) is 13.9. The van der Waals surface area contributed by atoms with Gasteiger partial charge in [0.05, 0.1) is 6.20 Å². The first-order valence-corrected chi connectivity index (χ1v) is 11.0. The van der Waals surface area contributed by atoms with E-state index in [1.165, 1.54) is 17.5 Å². The number of H-pyrrole nitrogens is 1. The molecule has 152 valence electrons. The fraction of sp³-hybridized carbons (Fsp3) is 0.455. The highest BCUT2D eigenvalue weighted by Crippen LogP contribution is 2.45. The average molecular weight is 410 g/mol. The molecular weight excluding hydrogens is 382 g/mol. The van der Waals surface area contributed by atoms with Gasteiger partial charge in [0.15, 0.2) is 5.13 Å². The van der Waals surface area contributed by atoms with Gasteiger partial charge in [0.25, 0.3) is 0 Å². The number of likely N-dealkylation sites (N-methyl/N-ethyl adjacent to an activating group) is 1. The number of ether oxygens (including phenoxy) is 1. The molecule has 7 heteroatoms. The second-order valence-electron chi connectivity index (χ2n) is 8.95. The van der Waals surface area contributed by atoms with E-state index in [1.807, 2.05) is 12.4 Å². The van der Waals surface area contributed by atoms with E-state index in [1.54, 1.807) is 11.3 Å². The molecule has 1 N–H and O–H groups in total. The van der Waals surface area contributed by atoms with E-state index in [2.05, 4.69) is 66.0 Å². The molecule has 6 nitrogen and oxygen atoms in total. The van der Waals surface area contributed by atoms with Gasteiger partial charge in [-0.2, -0.15) is 10.1 Å². The highest BCUT2D eigenvalue weighted by atomic mass is 32.1. The molecule has 0 bridgehead atoms. The molecule has 2 aromatic heterocycles. The lowest BCUT2D eigenvalue weighted by Gasteiger charge is -2.36. The van der Waals surface area contributed by atoms with Crippen LogP contribution in [0.1, 0.15) is 32.8 Å². The summed E-state index contributed by atoms with van der Waals surface area (Å²) in [5.41, 5.74) is 4.87. The summed E-state index contributed by atoms with van der Waals surface area (Å²) in [5, 5.41) is 8.01. The number of aromatic amines is 1. The highest BCUT2D eigenvalue weighted by molar-refractivity contribution is 7.19. The van der Waals surface area contributed by atoms with Gasteiger partial charge in [-0.1, -0.05) is 23.5 Å². The number of nitrogens with zero attached hydrogens (tertiary/aromatic N) is 4. The molecule has 1 atom stereocenters. The summed E-state index contributed by atoms with van der Waals surface area (Å²) < 4.78 is 6.03. The number of aromatic nitrogens is 3. The molecule has 0 amide bonds. The number of fused-ring (bicyclic) bond motifs is 3. The van der Waals surface area contributed by atoms with E-state index in [9.17, 15) is 0 Å². The molecular formula is C22H27N5OS. The van der Waals surface area contributed by atoms with Crippen molar-refractivity contribution in [3.8, 4) is 27.4 Å². The molecule has 4 heterocycles. The minimum absolute atomic E-state index is 0.178. The van der Waals surface area contributed by atoms with Crippen molar-refractivity contribution in [2.45, 2.75) is 45.4 Å². The number of hydrogen-bond donors (Lipinski definition) is 1. The fourth-order valence-electron chi connectivity index (χ4n) is 4.15. The van der Waals surface area contributed by atoms with Crippen LogP contribution in [0.3, 0.4) is 0 Å². The highest BCUT2D eigenvalue weighted by Gasteiger charge is 2.33. The van der Waals surface area contributed by atoms with E-state index in [4.69, 9.17) is 9.72 Å². The number of thiazole rings is 1. The van der Waals surface area contributed by atoms with Crippen molar-refractivity contribution in [2.75, 3.05) is 25.0 Å². The molecule has 29 heavy (non-hydrogen) atoms. The predicted octanol–water partition coefficient (Wildman–Crippen LogP) is 4.40. The van der Waals surface area contributed by atoms with Crippen LogP contribution in [0.5, 0.6) is 5.88 Å². The number of anilines is 1. The summed E-state index contributed by atoms with van der Waals surface area (Å²) >= 11 is 1.75. The maximum Gasteiger partial charge on any atom is 0.234 e. The smallest absolute Gasteiger partial charge is 0.234 e. The Hall–Kier alpha value is -2.38. The van der Waals surface area contributed by atoms with Gasteiger partial charge in [0.1, 0.15) is 11.5 Å². The Kier molecular flexibility index (Phi) is 4.40. The molecule has 1 unspecified atom stereocenters. The predicted molar refractivity (Wildman–Crippen MR) is 118 cm³/mol. The van der Waals surface area contributed by atoms with Gasteiger partial charge < -0.3 is 9.64 Å². The Labute approximate surface area is 175 Å². The van der Waals surface area contributed by atoms with Crippen LogP contribution in [-0.4, -0.2) is 51.8 Å². The summed E-state index contributed by atoms with van der Waals surface area (Å²) in [5.74, 6) is 0.779. The summed E-state index contributed by atoms with van der Waals surface area (Å²) in [6, 6.07) is 7.11. The standard InChI is InChI=1S/C22H27N5OS/c1-22(2,3)26(4)17-7-8-27(12-17)21-25-20-19(29-21)18-6-5-14(9-15(18)13-28-20)16-10-23-24-11-16/h5-6,9-11,17H,7-8,12-13H2,1-4H3,(H,23,24). The second-order valence-corrected chi connectivity index (χ2v) is 9.93. The first kappa shape index (κ1) is 18.6. The Morgan fingerprint density at radius 3 is 2.90 bits per heavy atom. The third-order valence-corrected chi connectivity index (χ3v) is 7.30. The van der Waals surface area contributed by atoms with Crippen molar-refractivity contribution in [1.82, 2.24) is 20.1 Å². The van der Waals surface area contributed by atoms with Gasteiger partial charge in [0, 0.05) is 42.0 Å². The number of hydrogen-bond acceptors (Lipinski definition) is 6. The van der Waals surface area contributed by atoms with Crippen molar-refractivity contribution in [3.63, 3.8) is 0 Å². The molecule has 0 radical (unpaired) electrons. The van der Waals surface area contributed by atoms with Crippen molar-refractivity contribution < 1.29 is 4.74 Å². The van der Waals surface area contributed by atoms with E-state index in [-0.39, 0.29) is 5.54 Å². The van der Waals surface area contributed by atoms with Crippen LogP contribution in [0.15, 0.2) is 30.6 Å². The largest absolute Gasteiger partial charge is 0.472 e. The fourth-order valence-corrected chi connectivity index (χ4v) is 5.25. The zero-order valence-electron chi connectivity index (χ0n) is 17.4. The summed E-state index contributed by atoms with van der Waals surface area (Å²) in [7, 11) is 2.23. The van der Waals surface area contributed by atoms with Gasteiger partial charge in [-0.25, -0.2) is 0 Å². The molecule has 2 aliphatic rings. The Bertz CT molecular complexity index is 1020. The zero-order valence-corrected chi connectivity index (χ0v) is 18.2. The number of benzene rings is 1. The summed E-state index contributed by atoms with van der Waals surface area (Å²) in [6.07, 6.45) is 4.93. The monoisotopic (exact) mass is 409 g/mol. The van der Waals surface area contributed by atoms with Crippen LogP contribution in [0.25, 0.3) is 21.6 Å². The quantitative estimate of drug-likeness (QED) is 0.695. The molecule has 3 aromatic rings. The summed E-state index contributed by atoms with van der Waals surface area (Å²) in [6.45, 7) is 9.46. The third kappa shape index (κ3) is 3.32. The van der Waals surface area contributed by atoms with Crippen LogP contribution in [0.2, 0.25) is 0 Å². The second kappa shape index (κ2) is 6.85. The molecule has 0 spiro atoms. The maximum atomic E-state index is 6.03. The van der Waals surface area contributed by atoms with E-state index < -0.39 is 0 Å². The molecule has 1 fully saturated rings. The molecule has 0 aliphatic carbocycles. The van der Waals surface area contributed by atoms with Crippen LogP contribution in [0, 0.1) is 0 Å². The number of nitrogens with one attached hydrogen (secondary N) is 1.